The maximum Gasteiger partial charge on any atom is 0.321 e. The zero-order valence-electron chi connectivity index (χ0n) is 15.9. The molecule has 3 amide bonds. The minimum Gasteiger partial charge on any atom is -0.354 e. The van der Waals surface area contributed by atoms with Gasteiger partial charge < -0.3 is 20.9 Å². The fraction of sp³-hybridized carbons (Fsp3) is 0.579. The molecule has 146 valence electrons. The second-order valence-corrected chi connectivity index (χ2v) is 6.79. The van der Waals surface area contributed by atoms with E-state index < -0.39 is 0 Å². The third-order valence-corrected chi connectivity index (χ3v) is 4.48. The number of nitrogens with one attached hydrogen (secondary N) is 3. The van der Waals surface area contributed by atoms with Gasteiger partial charge in [-0.3, -0.25) is 4.79 Å². The van der Waals surface area contributed by atoms with Gasteiger partial charge in [0.1, 0.15) is 0 Å². The fourth-order valence-electron chi connectivity index (χ4n) is 3.12. The van der Waals surface area contributed by atoms with E-state index in [1.54, 1.807) is 4.90 Å². The van der Waals surface area contributed by atoms with Crippen LogP contribution in [-0.2, 0) is 4.79 Å². The number of hydrogen-bond donors (Lipinski definition) is 3. The summed E-state index contributed by atoms with van der Waals surface area (Å²) < 4.78 is 0. The molecule has 1 unspecified atom stereocenters. The number of urea groups is 1. The van der Waals surface area contributed by atoms with Crippen LogP contribution in [0.2, 0.25) is 0 Å². The molecule has 1 aromatic rings. The average molecular weight is 383 g/mol. The molecule has 0 aromatic heterocycles. The quantitative estimate of drug-likeness (QED) is 0.708. The van der Waals surface area contributed by atoms with Crippen LogP contribution in [0.25, 0.3) is 0 Å². The largest absolute Gasteiger partial charge is 0.354 e. The number of piperidine rings is 1. The highest BCUT2D eigenvalue weighted by Crippen LogP contribution is 2.18. The molecule has 2 atom stereocenters. The molecule has 0 aliphatic carbocycles. The topological polar surface area (TPSA) is 73.5 Å². The first-order valence-corrected chi connectivity index (χ1v) is 9.13. The number of rotatable bonds is 6. The first-order valence-electron chi connectivity index (χ1n) is 9.13. The number of nitrogens with zero attached hydrogens (tertiary/aromatic N) is 1. The molecule has 0 radical (unpaired) electrons. The number of amides is 3. The lowest BCUT2D eigenvalue weighted by molar-refractivity contribution is -0.126. The van der Waals surface area contributed by atoms with Gasteiger partial charge in [0.15, 0.2) is 0 Å². The van der Waals surface area contributed by atoms with Crippen molar-refractivity contribution in [2.24, 2.45) is 5.92 Å². The molecule has 1 saturated heterocycles. The SMILES string of the molecule is CCN[C@H](C)CNC(=O)C1CCCN(C(=O)Nc2cccc(C)c2)C1.Cl. The zero-order valence-corrected chi connectivity index (χ0v) is 16.7. The van der Waals surface area contributed by atoms with Gasteiger partial charge in [-0.25, -0.2) is 4.79 Å². The minimum absolute atomic E-state index is 0. The van der Waals surface area contributed by atoms with Crippen LogP contribution < -0.4 is 16.0 Å². The minimum atomic E-state index is -0.135. The monoisotopic (exact) mass is 382 g/mol. The summed E-state index contributed by atoms with van der Waals surface area (Å²) in [4.78, 5) is 26.6. The molecule has 1 aliphatic heterocycles. The van der Waals surface area contributed by atoms with Crippen LogP contribution in [0.1, 0.15) is 32.3 Å². The molecule has 2 rings (SSSR count). The molecule has 26 heavy (non-hydrogen) atoms. The highest BCUT2D eigenvalue weighted by molar-refractivity contribution is 5.90. The number of benzene rings is 1. The van der Waals surface area contributed by atoms with Gasteiger partial charge in [-0.05, 0) is 50.9 Å². The first-order chi connectivity index (χ1) is 12.0. The Kier molecular flexibility index (Phi) is 9.44. The predicted octanol–water partition coefficient (Wildman–Crippen LogP) is 2.77. The summed E-state index contributed by atoms with van der Waals surface area (Å²) in [6.07, 6.45) is 1.68. The van der Waals surface area contributed by atoms with Gasteiger partial charge in [0.05, 0.1) is 5.92 Å². The van der Waals surface area contributed by atoms with Crippen LogP contribution >= 0.6 is 12.4 Å². The van der Waals surface area contributed by atoms with Gasteiger partial charge >= 0.3 is 6.03 Å². The molecule has 3 N–H and O–H groups in total. The maximum absolute atomic E-state index is 12.5. The van der Waals surface area contributed by atoms with Crippen molar-refractivity contribution in [2.45, 2.75) is 39.7 Å². The first kappa shape index (κ1) is 22.3. The number of carbonyl (C=O) groups is 2. The number of halogens is 1. The lowest BCUT2D eigenvalue weighted by Crippen LogP contribution is -2.48. The third kappa shape index (κ3) is 6.84. The molecular weight excluding hydrogens is 352 g/mol. The average Bonchev–Trinajstić information content (AvgIpc) is 2.60. The summed E-state index contributed by atoms with van der Waals surface area (Å²) in [5.74, 6) is -0.0938. The summed E-state index contributed by atoms with van der Waals surface area (Å²) in [5, 5.41) is 9.19. The molecule has 1 fully saturated rings. The number of anilines is 1. The van der Waals surface area contributed by atoms with Gasteiger partial charge in [0.2, 0.25) is 5.91 Å². The van der Waals surface area contributed by atoms with Crippen LogP contribution in [0, 0.1) is 12.8 Å². The smallest absolute Gasteiger partial charge is 0.321 e. The van der Waals surface area contributed by atoms with E-state index in [-0.39, 0.29) is 36.3 Å². The summed E-state index contributed by atoms with van der Waals surface area (Å²) in [6.45, 7) is 8.74. The van der Waals surface area contributed by atoms with Gasteiger partial charge in [-0.15, -0.1) is 12.4 Å². The Bertz CT molecular complexity index is 597. The Morgan fingerprint density at radius 3 is 2.81 bits per heavy atom. The van der Waals surface area contributed by atoms with E-state index in [0.29, 0.717) is 19.6 Å². The normalized spacial score (nSPS) is 17.8. The molecule has 1 aromatic carbocycles. The maximum atomic E-state index is 12.5. The second-order valence-electron chi connectivity index (χ2n) is 6.79. The fourth-order valence-corrected chi connectivity index (χ4v) is 3.12. The van der Waals surface area contributed by atoms with Crippen LogP contribution in [0.3, 0.4) is 0 Å². The highest BCUT2D eigenvalue weighted by atomic mass is 35.5. The lowest BCUT2D eigenvalue weighted by atomic mass is 9.97. The predicted molar refractivity (Wildman–Crippen MR) is 108 cm³/mol. The number of likely N-dealkylation sites (tertiary alicyclic amines) is 1. The van der Waals surface area contributed by atoms with Crippen molar-refractivity contribution in [2.75, 3.05) is 31.5 Å². The number of aryl methyl sites for hydroxylation is 1. The van der Waals surface area contributed by atoms with Crippen LogP contribution in [0.15, 0.2) is 24.3 Å². The van der Waals surface area contributed by atoms with Crippen molar-refractivity contribution in [1.82, 2.24) is 15.5 Å². The highest BCUT2D eigenvalue weighted by Gasteiger charge is 2.28. The molecule has 1 aliphatic rings. The number of carbonyl (C=O) groups excluding carboxylic acids is 2. The van der Waals surface area contributed by atoms with Crippen molar-refractivity contribution < 1.29 is 9.59 Å². The number of hydrogen-bond acceptors (Lipinski definition) is 3. The van der Waals surface area contributed by atoms with E-state index in [2.05, 4.69) is 16.0 Å². The van der Waals surface area contributed by atoms with Crippen LogP contribution in [0.5, 0.6) is 0 Å². The summed E-state index contributed by atoms with van der Waals surface area (Å²) in [7, 11) is 0. The van der Waals surface area contributed by atoms with E-state index in [9.17, 15) is 9.59 Å². The van der Waals surface area contributed by atoms with Gasteiger partial charge in [0.25, 0.3) is 0 Å². The Morgan fingerprint density at radius 2 is 2.12 bits per heavy atom. The molecule has 6 nitrogen and oxygen atoms in total. The number of likely N-dealkylation sites (N-methyl/N-ethyl adjacent to an activating group) is 1. The van der Waals surface area contributed by atoms with E-state index in [0.717, 1.165) is 30.6 Å². The van der Waals surface area contributed by atoms with Crippen molar-refractivity contribution in [3.63, 3.8) is 0 Å². The standard InChI is InChI=1S/C19H30N4O2.ClH/c1-4-20-15(3)12-21-18(24)16-8-6-10-23(13-16)19(25)22-17-9-5-7-14(2)11-17;/h5,7,9,11,15-16,20H,4,6,8,10,12-13H2,1-3H3,(H,21,24)(H,22,25);1H/t15-,16?;/m1./s1. The Morgan fingerprint density at radius 1 is 1.35 bits per heavy atom. The molecule has 0 saturated carbocycles. The summed E-state index contributed by atoms with van der Waals surface area (Å²) in [5.41, 5.74) is 1.89. The Hall–Kier alpha value is -1.79. The molecule has 7 heteroatoms. The van der Waals surface area contributed by atoms with E-state index in [4.69, 9.17) is 0 Å². The van der Waals surface area contributed by atoms with E-state index in [1.807, 2.05) is 45.0 Å². The van der Waals surface area contributed by atoms with Crippen molar-refractivity contribution in [1.29, 1.82) is 0 Å². The lowest BCUT2D eigenvalue weighted by Gasteiger charge is -2.32. The van der Waals surface area contributed by atoms with Crippen molar-refractivity contribution in [3.8, 4) is 0 Å². The van der Waals surface area contributed by atoms with Crippen LogP contribution in [0.4, 0.5) is 10.5 Å². The summed E-state index contributed by atoms with van der Waals surface area (Å²) >= 11 is 0. The van der Waals surface area contributed by atoms with Crippen molar-refractivity contribution >= 4 is 30.0 Å². The second kappa shape index (κ2) is 11.0. The van der Waals surface area contributed by atoms with Crippen LogP contribution in [-0.4, -0.2) is 49.1 Å². The molecular formula is C19H31ClN4O2. The molecule has 1 heterocycles. The molecule has 0 spiro atoms. The summed E-state index contributed by atoms with van der Waals surface area (Å²) in [6, 6.07) is 7.84. The Labute approximate surface area is 162 Å². The third-order valence-electron chi connectivity index (χ3n) is 4.48. The van der Waals surface area contributed by atoms with Gasteiger partial charge in [-0.1, -0.05) is 19.1 Å². The Balaban J connectivity index is 0.00000338. The molecule has 0 bridgehead atoms. The van der Waals surface area contributed by atoms with Crippen molar-refractivity contribution in [3.05, 3.63) is 29.8 Å². The van der Waals surface area contributed by atoms with E-state index in [1.165, 1.54) is 0 Å². The van der Waals surface area contributed by atoms with Gasteiger partial charge in [0, 0.05) is 31.4 Å². The van der Waals surface area contributed by atoms with E-state index >= 15 is 0 Å². The van der Waals surface area contributed by atoms with Gasteiger partial charge in [-0.2, -0.15) is 0 Å². The zero-order chi connectivity index (χ0) is 18.2.